The lowest BCUT2D eigenvalue weighted by Gasteiger charge is -2.19. The zero-order valence-corrected chi connectivity index (χ0v) is 13.9. The standard InChI is InChI=1S/C18H35NO/c1-4-5-6-7-8-9-10-11-12-13-14-15-16-18(2,3)17(19)20/h9-10H,4-8,11-16H2,1-3H3,(H2,19,20). The fourth-order valence-electron chi connectivity index (χ4n) is 2.23. The molecule has 0 aliphatic rings. The third-order valence-corrected chi connectivity index (χ3v) is 3.98. The topological polar surface area (TPSA) is 43.1 Å². The van der Waals surface area contributed by atoms with Gasteiger partial charge in [-0.2, -0.15) is 0 Å². The summed E-state index contributed by atoms with van der Waals surface area (Å²) in [5, 5.41) is 0. The molecule has 2 nitrogen and oxygen atoms in total. The highest BCUT2D eigenvalue weighted by Crippen LogP contribution is 2.23. The summed E-state index contributed by atoms with van der Waals surface area (Å²) in [6, 6.07) is 0. The quantitative estimate of drug-likeness (QED) is 0.358. The Morgan fingerprint density at radius 2 is 1.40 bits per heavy atom. The van der Waals surface area contributed by atoms with Crippen LogP contribution in [0.25, 0.3) is 0 Å². The number of carbonyl (C=O) groups excluding carboxylic acids is 1. The second kappa shape index (κ2) is 12.0. The van der Waals surface area contributed by atoms with E-state index < -0.39 is 0 Å². The van der Waals surface area contributed by atoms with E-state index in [2.05, 4.69) is 19.1 Å². The second-order valence-electron chi connectivity index (χ2n) is 6.52. The molecule has 0 heterocycles. The van der Waals surface area contributed by atoms with Gasteiger partial charge in [-0.15, -0.1) is 0 Å². The van der Waals surface area contributed by atoms with Gasteiger partial charge in [-0.1, -0.05) is 71.4 Å². The van der Waals surface area contributed by atoms with Crippen molar-refractivity contribution in [2.75, 3.05) is 0 Å². The van der Waals surface area contributed by atoms with Gasteiger partial charge in [0.2, 0.25) is 5.91 Å². The van der Waals surface area contributed by atoms with Crippen molar-refractivity contribution in [1.82, 2.24) is 0 Å². The Labute approximate surface area is 126 Å². The molecule has 118 valence electrons. The van der Waals surface area contributed by atoms with Crippen LogP contribution in [0.3, 0.4) is 0 Å². The van der Waals surface area contributed by atoms with Crippen molar-refractivity contribution < 1.29 is 4.79 Å². The Morgan fingerprint density at radius 1 is 0.900 bits per heavy atom. The number of hydrogen-bond donors (Lipinski definition) is 1. The first-order valence-corrected chi connectivity index (χ1v) is 8.45. The van der Waals surface area contributed by atoms with Crippen LogP contribution >= 0.6 is 0 Å². The van der Waals surface area contributed by atoms with Crippen molar-refractivity contribution in [3.8, 4) is 0 Å². The predicted molar refractivity (Wildman–Crippen MR) is 88.6 cm³/mol. The lowest BCUT2D eigenvalue weighted by molar-refractivity contribution is -0.126. The monoisotopic (exact) mass is 281 g/mol. The predicted octanol–water partition coefficient (Wildman–Crippen LogP) is 5.37. The molecule has 0 fully saturated rings. The molecule has 0 spiro atoms. The Morgan fingerprint density at radius 3 is 1.90 bits per heavy atom. The molecule has 0 unspecified atom stereocenters. The number of amides is 1. The van der Waals surface area contributed by atoms with E-state index in [1.165, 1.54) is 57.8 Å². The molecule has 0 aromatic heterocycles. The molecule has 0 rings (SSSR count). The van der Waals surface area contributed by atoms with Crippen LogP contribution in [0.1, 0.15) is 91.4 Å². The molecule has 1 amide bonds. The minimum Gasteiger partial charge on any atom is -0.369 e. The zero-order valence-electron chi connectivity index (χ0n) is 13.9. The lowest BCUT2D eigenvalue weighted by Crippen LogP contribution is -2.31. The van der Waals surface area contributed by atoms with Crippen LogP contribution in [0.4, 0.5) is 0 Å². The van der Waals surface area contributed by atoms with Gasteiger partial charge in [-0.3, -0.25) is 4.79 Å². The number of hydrogen-bond acceptors (Lipinski definition) is 1. The summed E-state index contributed by atoms with van der Waals surface area (Å²) in [7, 11) is 0. The van der Waals surface area contributed by atoms with Gasteiger partial charge < -0.3 is 5.73 Å². The smallest absolute Gasteiger partial charge is 0.223 e. The average Bonchev–Trinajstić information content (AvgIpc) is 2.39. The third kappa shape index (κ3) is 11.1. The van der Waals surface area contributed by atoms with Gasteiger partial charge in [0, 0.05) is 5.41 Å². The van der Waals surface area contributed by atoms with Gasteiger partial charge in [0.05, 0.1) is 0 Å². The number of nitrogens with two attached hydrogens (primary N) is 1. The summed E-state index contributed by atoms with van der Waals surface area (Å²) in [6.45, 7) is 6.13. The van der Waals surface area contributed by atoms with E-state index in [0.29, 0.717) is 0 Å². The van der Waals surface area contributed by atoms with E-state index in [0.717, 1.165) is 12.8 Å². The highest BCUT2D eigenvalue weighted by atomic mass is 16.1. The molecular weight excluding hydrogens is 246 g/mol. The largest absolute Gasteiger partial charge is 0.369 e. The summed E-state index contributed by atoms with van der Waals surface area (Å²) in [6.07, 6.45) is 18.3. The molecule has 0 aromatic carbocycles. The van der Waals surface area contributed by atoms with Gasteiger partial charge in [-0.05, 0) is 32.1 Å². The van der Waals surface area contributed by atoms with Crippen LogP contribution in [-0.4, -0.2) is 5.91 Å². The number of allylic oxidation sites excluding steroid dienone is 2. The van der Waals surface area contributed by atoms with E-state index in [1.807, 2.05) is 13.8 Å². The summed E-state index contributed by atoms with van der Waals surface area (Å²) < 4.78 is 0. The number of rotatable bonds is 13. The molecule has 0 saturated heterocycles. The van der Waals surface area contributed by atoms with Crippen LogP contribution in [0, 0.1) is 5.41 Å². The molecule has 0 aromatic rings. The number of unbranched alkanes of at least 4 members (excludes halogenated alkanes) is 8. The maximum absolute atomic E-state index is 11.2. The Kier molecular flexibility index (Phi) is 11.5. The van der Waals surface area contributed by atoms with Crippen molar-refractivity contribution in [3.05, 3.63) is 12.2 Å². The van der Waals surface area contributed by atoms with Gasteiger partial charge in [0.1, 0.15) is 0 Å². The fraction of sp³-hybridized carbons (Fsp3) is 0.833. The van der Waals surface area contributed by atoms with E-state index in [4.69, 9.17) is 5.73 Å². The van der Waals surface area contributed by atoms with Crippen LogP contribution in [0.15, 0.2) is 12.2 Å². The number of primary amides is 1. The van der Waals surface area contributed by atoms with Crippen LogP contribution in [0.5, 0.6) is 0 Å². The highest BCUT2D eigenvalue weighted by Gasteiger charge is 2.23. The maximum Gasteiger partial charge on any atom is 0.223 e. The minimum absolute atomic E-state index is 0.177. The first kappa shape index (κ1) is 19.2. The van der Waals surface area contributed by atoms with E-state index in [1.54, 1.807) is 0 Å². The first-order valence-electron chi connectivity index (χ1n) is 8.45. The molecule has 0 aliphatic carbocycles. The SMILES string of the molecule is CCCCCCC=CCCCCCCC(C)(C)C(N)=O. The normalized spacial score (nSPS) is 12.2. The third-order valence-electron chi connectivity index (χ3n) is 3.98. The van der Waals surface area contributed by atoms with E-state index in [9.17, 15) is 4.79 Å². The maximum atomic E-state index is 11.2. The van der Waals surface area contributed by atoms with Crippen LogP contribution in [0.2, 0.25) is 0 Å². The Hall–Kier alpha value is -0.790. The second-order valence-corrected chi connectivity index (χ2v) is 6.52. The Balaban J connectivity index is 3.32. The molecule has 0 atom stereocenters. The fourth-order valence-corrected chi connectivity index (χ4v) is 2.23. The highest BCUT2D eigenvalue weighted by molar-refractivity contribution is 5.79. The molecule has 2 heteroatoms. The summed E-state index contributed by atoms with van der Waals surface area (Å²) in [4.78, 5) is 11.2. The van der Waals surface area contributed by atoms with Crippen molar-refractivity contribution in [2.24, 2.45) is 11.1 Å². The van der Waals surface area contributed by atoms with Crippen LogP contribution in [-0.2, 0) is 4.79 Å². The summed E-state index contributed by atoms with van der Waals surface area (Å²) in [5.41, 5.74) is 5.03. The molecule has 0 radical (unpaired) electrons. The molecule has 2 N–H and O–H groups in total. The van der Waals surface area contributed by atoms with Crippen molar-refractivity contribution >= 4 is 5.91 Å². The zero-order chi connectivity index (χ0) is 15.3. The average molecular weight is 281 g/mol. The summed E-state index contributed by atoms with van der Waals surface area (Å²) in [5.74, 6) is -0.177. The van der Waals surface area contributed by atoms with Gasteiger partial charge >= 0.3 is 0 Å². The molecule has 0 saturated carbocycles. The lowest BCUT2D eigenvalue weighted by atomic mass is 9.86. The van der Waals surface area contributed by atoms with E-state index >= 15 is 0 Å². The van der Waals surface area contributed by atoms with Gasteiger partial charge in [0.25, 0.3) is 0 Å². The molecular formula is C18H35NO. The number of carbonyl (C=O) groups is 1. The van der Waals surface area contributed by atoms with Gasteiger partial charge in [-0.25, -0.2) is 0 Å². The van der Waals surface area contributed by atoms with Crippen molar-refractivity contribution in [2.45, 2.75) is 91.4 Å². The Bertz CT molecular complexity index is 269. The molecule has 20 heavy (non-hydrogen) atoms. The molecule has 0 aliphatic heterocycles. The molecule has 0 bridgehead atoms. The van der Waals surface area contributed by atoms with E-state index in [-0.39, 0.29) is 11.3 Å². The first-order chi connectivity index (χ1) is 9.50. The van der Waals surface area contributed by atoms with Gasteiger partial charge in [0.15, 0.2) is 0 Å². The van der Waals surface area contributed by atoms with Crippen LogP contribution < -0.4 is 5.73 Å². The summed E-state index contributed by atoms with van der Waals surface area (Å²) >= 11 is 0. The van der Waals surface area contributed by atoms with Crippen molar-refractivity contribution in [3.63, 3.8) is 0 Å². The minimum atomic E-state index is -0.335. The van der Waals surface area contributed by atoms with Crippen molar-refractivity contribution in [1.29, 1.82) is 0 Å².